The molecule has 0 bridgehead atoms. The van der Waals surface area contributed by atoms with E-state index in [2.05, 4.69) is 17.6 Å². The lowest BCUT2D eigenvalue weighted by atomic mass is 9.91. The summed E-state index contributed by atoms with van der Waals surface area (Å²) < 4.78 is 1.66. The number of carbonyl (C=O) groups is 1. The van der Waals surface area contributed by atoms with E-state index in [9.17, 15) is 9.59 Å². The Bertz CT molecular complexity index is 590. The van der Waals surface area contributed by atoms with Gasteiger partial charge in [0, 0.05) is 23.8 Å². The Hall–Kier alpha value is -1.62. The summed E-state index contributed by atoms with van der Waals surface area (Å²) in [5, 5.41) is 6.43. The van der Waals surface area contributed by atoms with Crippen LogP contribution in [0, 0.1) is 0 Å². The average Bonchev–Trinajstić information content (AvgIpc) is 3.26. The normalized spacial score (nSPS) is 20.9. The summed E-state index contributed by atoms with van der Waals surface area (Å²) in [6.45, 7) is 3.15. The fraction of sp³-hybridized carbons (Fsp3) is 0.625. The summed E-state index contributed by atoms with van der Waals surface area (Å²) in [4.78, 5) is 24.2. The van der Waals surface area contributed by atoms with Crippen molar-refractivity contribution in [2.24, 2.45) is 0 Å². The highest BCUT2D eigenvalue weighted by molar-refractivity contribution is 5.76. The second-order valence-electron chi connectivity index (χ2n) is 6.00. The van der Waals surface area contributed by atoms with Gasteiger partial charge in [-0.2, -0.15) is 0 Å². The molecule has 0 spiro atoms. The molecular weight excluding hydrogens is 266 g/mol. The molecule has 0 saturated heterocycles. The Balaban J connectivity index is 1.86. The zero-order valence-electron chi connectivity index (χ0n) is 12.5. The molecule has 5 nitrogen and oxygen atoms in total. The maximum absolute atomic E-state index is 12.2. The van der Waals surface area contributed by atoms with Gasteiger partial charge in [-0.3, -0.25) is 9.59 Å². The number of hydrogen-bond donors (Lipinski definition) is 2. The fourth-order valence-corrected chi connectivity index (χ4v) is 3.14. The van der Waals surface area contributed by atoms with Crippen LogP contribution in [0.5, 0.6) is 0 Å². The van der Waals surface area contributed by atoms with Crippen LogP contribution in [0.1, 0.15) is 49.9 Å². The minimum atomic E-state index is -0.0724. The Morgan fingerprint density at radius 2 is 2.14 bits per heavy atom. The molecule has 0 aliphatic heterocycles. The van der Waals surface area contributed by atoms with E-state index in [0.29, 0.717) is 12.1 Å². The van der Waals surface area contributed by atoms with Crippen LogP contribution in [0.25, 0.3) is 0 Å². The second-order valence-corrected chi connectivity index (χ2v) is 6.00. The van der Waals surface area contributed by atoms with E-state index in [1.807, 2.05) is 6.07 Å². The molecule has 1 aromatic rings. The second kappa shape index (κ2) is 6.02. The number of aromatic nitrogens is 1. The maximum atomic E-state index is 12.2. The van der Waals surface area contributed by atoms with Crippen LogP contribution in [-0.2, 0) is 17.8 Å². The number of amides is 1. The van der Waals surface area contributed by atoms with Gasteiger partial charge in [0.1, 0.15) is 6.54 Å². The minimum absolute atomic E-state index is 0.0430. The third kappa shape index (κ3) is 3.18. The Labute approximate surface area is 124 Å². The molecule has 2 aliphatic carbocycles. The fourth-order valence-electron chi connectivity index (χ4n) is 3.14. The largest absolute Gasteiger partial charge is 0.352 e. The van der Waals surface area contributed by atoms with Crippen LogP contribution in [0.15, 0.2) is 16.9 Å². The highest BCUT2D eigenvalue weighted by Crippen LogP contribution is 2.28. The summed E-state index contributed by atoms with van der Waals surface area (Å²) in [7, 11) is 0. The molecule has 114 valence electrons. The monoisotopic (exact) mass is 289 g/mol. The van der Waals surface area contributed by atoms with Gasteiger partial charge in [0.2, 0.25) is 5.91 Å². The summed E-state index contributed by atoms with van der Waals surface area (Å²) in [5.74, 6) is -0.0430. The van der Waals surface area contributed by atoms with E-state index < -0.39 is 0 Å². The van der Waals surface area contributed by atoms with E-state index in [0.717, 1.165) is 44.3 Å². The molecule has 1 atom stereocenters. The molecule has 0 radical (unpaired) electrons. The van der Waals surface area contributed by atoms with Crippen molar-refractivity contribution in [2.45, 2.75) is 57.7 Å². The zero-order valence-corrected chi connectivity index (χ0v) is 12.5. The lowest BCUT2D eigenvalue weighted by Crippen LogP contribution is -2.37. The predicted molar refractivity (Wildman–Crippen MR) is 81.2 cm³/mol. The molecule has 2 N–H and O–H groups in total. The molecule has 1 heterocycles. The molecule has 2 aliphatic rings. The van der Waals surface area contributed by atoms with Crippen LogP contribution >= 0.6 is 0 Å². The van der Waals surface area contributed by atoms with Gasteiger partial charge in [-0.05, 0) is 44.2 Å². The average molecular weight is 289 g/mol. The summed E-state index contributed by atoms with van der Waals surface area (Å²) in [5.41, 5.74) is 2.14. The zero-order chi connectivity index (χ0) is 14.8. The highest BCUT2D eigenvalue weighted by Gasteiger charge is 2.26. The first-order valence-electron chi connectivity index (χ1n) is 7.94. The molecule has 5 heteroatoms. The van der Waals surface area contributed by atoms with Crippen LogP contribution in [-0.4, -0.2) is 23.1 Å². The van der Waals surface area contributed by atoms with Crippen molar-refractivity contribution >= 4 is 5.91 Å². The highest BCUT2D eigenvalue weighted by atomic mass is 16.2. The first kappa shape index (κ1) is 14.3. The third-order valence-corrected chi connectivity index (χ3v) is 4.31. The predicted octanol–water partition coefficient (Wildman–Crippen LogP) is 1.11. The van der Waals surface area contributed by atoms with Crippen LogP contribution in [0.4, 0.5) is 0 Å². The number of carbonyl (C=O) groups excluding carboxylic acids is 1. The van der Waals surface area contributed by atoms with E-state index >= 15 is 0 Å². The number of rotatable bonds is 5. The molecule has 1 aromatic heterocycles. The molecule has 1 amide bonds. The molecule has 1 fully saturated rings. The van der Waals surface area contributed by atoms with Crippen molar-refractivity contribution in [3.8, 4) is 0 Å². The summed E-state index contributed by atoms with van der Waals surface area (Å²) in [6.07, 6.45) is 5.15. The van der Waals surface area contributed by atoms with Crippen molar-refractivity contribution < 1.29 is 4.79 Å². The van der Waals surface area contributed by atoms with Crippen LogP contribution in [0.3, 0.4) is 0 Å². The van der Waals surface area contributed by atoms with E-state index in [4.69, 9.17) is 0 Å². The first-order valence-corrected chi connectivity index (χ1v) is 7.94. The number of nitrogens with one attached hydrogen (secondary N) is 2. The molecule has 1 unspecified atom stereocenters. The van der Waals surface area contributed by atoms with Crippen molar-refractivity contribution in [1.29, 1.82) is 0 Å². The van der Waals surface area contributed by atoms with E-state index in [1.54, 1.807) is 10.6 Å². The summed E-state index contributed by atoms with van der Waals surface area (Å²) >= 11 is 0. The van der Waals surface area contributed by atoms with E-state index in [1.165, 1.54) is 5.56 Å². The number of pyridine rings is 1. The van der Waals surface area contributed by atoms with Crippen molar-refractivity contribution in [1.82, 2.24) is 15.2 Å². The van der Waals surface area contributed by atoms with Gasteiger partial charge in [0.05, 0.1) is 0 Å². The molecule has 3 rings (SSSR count). The Kier molecular flexibility index (Phi) is 4.10. The lowest BCUT2D eigenvalue weighted by Gasteiger charge is -2.28. The topological polar surface area (TPSA) is 63.1 Å². The van der Waals surface area contributed by atoms with Gasteiger partial charge < -0.3 is 15.2 Å². The van der Waals surface area contributed by atoms with Gasteiger partial charge >= 0.3 is 0 Å². The van der Waals surface area contributed by atoms with Gasteiger partial charge in [0.15, 0.2) is 0 Å². The Morgan fingerprint density at radius 3 is 2.86 bits per heavy atom. The molecular formula is C16H23N3O2. The third-order valence-electron chi connectivity index (χ3n) is 4.31. The lowest BCUT2D eigenvalue weighted by molar-refractivity contribution is -0.121. The number of hydrogen-bond acceptors (Lipinski definition) is 3. The van der Waals surface area contributed by atoms with Crippen LogP contribution in [0.2, 0.25) is 0 Å². The number of fused-ring (bicyclic) bond motifs is 1. The van der Waals surface area contributed by atoms with Crippen LogP contribution < -0.4 is 16.2 Å². The van der Waals surface area contributed by atoms with Crippen molar-refractivity contribution in [2.75, 3.05) is 6.54 Å². The molecule has 0 aromatic carbocycles. The van der Waals surface area contributed by atoms with Gasteiger partial charge in [0.25, 0.3) is 5.56 Å². The van der Waals surface area contributed by atoms with Crippen molar-refractivity contribution in [3.05, 3.63) is 33.7 Å². The van der Waals surface area contributed by atoms with Crippen molar-refractivity contribution in [3.63, 3.8) is 0 Å². The smallest absolute Gasteiger partial charge is 0.251 e. The molecule has 21 heavy (non-hydrogen) atoms. The maximum Gasteiger partial charge on any atom is 0.251 e. The Morgan fingerprint density at radius 1 is 1.33 bits per heavy atom. The SMILES string of the molecule is CCNC1CCCc2c1ccc(=O)n2CC(=O)NC1CC1. The van der Waals surface area contributed by atoms with E-state index in [-0.39, 0.29) is 18.0 Å². The quantitative estimate of drug-likeness (QED) is 0.853. The standard InChI is InChI=1S/C16H23N3O2/c1-2-17-13-4-3-5-14-12(13)8-9-16(21)19(14)10-15(20)18-11-6-7-11/h8-9,11,13,17H,2-7,10H2,1H3,(H,18,20). The minimum Gasteiger partial charge on any atom is -0.352 e. The van der Waals surface area contributed by atoms with Gasteiger partial charge in [-0.15, -0.1) is 0 Å². The number of nitrogens with zero attached hydrogens (tertiary/aromatic N) is 1. The van der Waals surface area contributed by atoms with Gasteiger partial charge in [-0.1, -0.05) is 13.0 Å². The first-order chi connectivity index (χ1) is 10.2. The van der Waals surface area contributed by atoms with Gasteiger partial charge in [-0.25, -0.2) is 0 Å². The molecule has 1 saturated carbocycles. The summed E-state index contributed by atoms with van der Waals surface area (Å²) in [6, 6.07) is 4.16.